The number of rotatable bonds is 6. The average molecular weight is 351 g/mol. The van der Waals surface area contributed by atoms with Crippen molar-refractivity contribution < 1.29 is 18.0 Å². The Morgan fingerprint density at radius 3 is 2.50 bits per heavy atom. The average Bonchev–Trinajstić information content (AvgIpc) is 3.01. The summed E-state index contributed by atoms with van der Waals surface area (Å²) in [5.74, 6) is -0.656. The SMILES string of the molecule is C=CC(=O)N1CCCC1C(=O)NCc1ccc(CS(N)(=O)=O)cc1. The van der Waals surface area contributed by atoms with E-state index in [0.29, 0.717) is 25.1 Å². The van der Waals surface area contributed by atoms with Crippen LogP contribution in [0.5, 0.6) is 0 Å². The van der Waals surface area contributed by atoms with Gasteiger partial charge in [0.2, 0.25) is 21.8 Å². The summed E-state index contributed by atoms with van der Waals surface area (Å²) in [6.07, 6.45) is 2.65. The summed E-state index contributed by atoms with van der Waals surface area (Å²) in [4.78, 5) is 25.5. The van der Waals surface area contributed by atoms with Gasteiger partial charge in [-0.25, -0.2) is 13.6 Å². The molecule has 1 aliphatic heterocycles. The molecule has 24 heavy (non-hydrogen) atoms. The Kier molecular flexibility index (Phi) is 5.74. The summed E-state index contributed by atoms with van der Waals surface area (Å²) >= 11 is 0. The van der Waals surface area contributed by atoms with Crippen molar-refractivity contribution in [1.29, 1.82) is 0 Å². The third-order valence-electron chi connectivity index (χ3n) is 3.87. The Labute approximate surface area is 141 Å². The molecule has 1 fully saturated rings. The molecule has 7 nitrogen and oxygen atoms in total. The van der Waals surface area contributed by atoms with Crippen molar-refractivity contribution >= 4 is 21.8 Å². The lowest BCUT2D eigenvalue weighted by molar-refractivity contribution is -0.135. The second-order valence-corrected chi connectivity index (χ2v) is 7.35. The van der Waals surface area contributed by atoms with Crippen LogP contribution in [0, 0.1) is 0 Å². The molecule has 0 spiro atoms. The molecule has 1 aliphatic rings. The number of benzene rings is 1. The Hall–Kier alpha value is -2.19. The predicted octanol–water partition coefficient (Wildman–Crippen LogP) is 0.268. The summed E-state index contributed by atoms with van der Waals surface area (Å²) in [5, 5.41) is 7.81. The smallest absolute Gasteiger partial charge is 0.246 e. The van der Waals surface area contributed by atoms with Crippen molar-refractivity contribution in [2.75, 3.05) is 6.54 Å². The number of primary sulfonamides is 1. The van der Waals surface area contributed by atoms with Gasteiger partial charge in [-0.05, 0) is 30.0 Å². The van der Waals surface area contributed by atoms with E-state index in [2.05, 4.69) is 11.9 Å². The monoisotopic (exact) mass is 351 g/mol. The normalized spacial score (nSPS) is 17.5. The maximum atomic E-state index is 12.3. The zero-order chi connectivity index (χ0) is 17.7. The third kappa shape index (κ3) is 4.90. The highest BCUT2D eigenvalue weighted by atomic mass is 32.2. The van der Waals surface area contributed by atoms with E-state index >= 15 is 0 Å². The number of amides is 2. The first-order valence-electron chi connectivity index (χ1n) is 7.59. The molecular weight excluding hydrogens is 330 g/mol. The van der Waals surface area contributed by atoms with Crippen molar-refractivity contribution in [2.24, 2.45) is 5.14 Å². The number of nitrogens with two attached hydrogens (primary N) is 1. The second kappa shape index (κ2) is 7.59. The highest BCUT2D eigenvalue weighted by Gasteiger charge is 2.32. The summed E-state index contributed by atoms with van der Waals surface area (Å²) in [5.41, 5.74) is 1.42. The molecule has 130 valence electrons. The zero-order valence-electron chi connectivity index (χ0n) is 13.3. The van der Waals surface area contributed by atoms with Crippen molar-refractivity contribution in [3.63, 3.8) is 0 Å². The molecule has 1 aromatic rings. The quantitative estimate of drug-likeness (QED) is 0.717. The van der Waals surface area contributed by atoms with E-state index in [-0.39, 0.29) is 17.6 Å². The highest BCUT2D eigenvalue weighted by molar-refractivity contribution is 7.88. The minimum atomic E-state index is -3.56. The lowest BCUT2D eigenvalue weighted by Gasteiger charge is -2.22. The maximum Gasteiger partial charge on any atom is 0.246 e. The molecule has 0 aromatic heterocycles. The number of sulfonamides is 1. The maximum absolute atomic E-state index is 12.3. The van der Waals surface area contributed by atoms with Gasteiger partial charge in [-0.15, -0.1) is 0 Å². The predicted molar refractivity (Wildman–Crippen MR) is 90.0 cm³/mol. The summed E-state index contributed by atoms with van der Waals surface area (Å²) < 4.78 is 22.1. The standard InChI is InChI=1S/C16H21N3O4S/c1-2-15(20)19-9-3-4-14(19)16(21)18-10-12-5-7-13(8-6-12)11-24(17,22)23/h2,5-8,14H,1,3-4,9-11H2,(H,18,21)(H2,17,22,23). The zero-order valence-corrected chi connectivity index (χ0v) is 14.1. The van der Waals surface area contributed by atoms with Crippen molar-refractivity contribution in [1.82, 2.24) is 10.2 Å². The lowest BCUT2D eigenvalue weighted by atomic mass is 10.1. The van der Waals surface area contributed by atoms with Crippen LogP contribution in [0.1, 0.15) is 24.0 Å². The highest BCUT2D eigenvalue weighted by Crippen LogP contribution is 2.18. The number of nitrogens with zero attached hydrogens (tertiary/aromatic N) is 1. The van der Waals surface area contributed by atoms with Gasteiger partial charge in [0.05, 0.1) is 5.75 Å². The second-order valence-electron chi connectivity index (χ2n) is 5.74. The van der Waals surface area contributed by atoms with Gasteiger partial charge < -0.3 is 10.2 Å². The van der Waals surface area contributed by atoms with E-state index in [0.717, 1.165) is 12.0 Å². The molecule has 0 radical (unpaired) electrons. The molecule has 0 aliphatic carbocycles. The molecule has 1 aromatic carbocycles. The number of hydrogen-bond acceptors (Lipinski definition) is 4. The van der Waals surface area contributed by atoms with Gasteiger partial charge in [-0.2, -0.15) is 0 Å². The van der Waals surface area contributed by atoms with Crippen LogP contribution < -0.4 is 10.5 Å². The van der Waals surface area contributed by atoms with Crippen LogP contribution in [0.2, 0.25) is 0 Å². The number of carbonyl (C=O) groups excluding carboxylic acids is 2. The molecule has 1 saturated heterocycles. The molecule has 8 heteroatoms. The van der Waals surface area contributed by atoms with E-state index in [1.165, 1.54) is 11.0 Å². The molecule has 2 amide bonds. The number of hydrogen-bond donors (Lipinski definition) is 2. The molecular formula is C16H21N3O4S. The fourth-order valence-electron chi connectivity index (χ4n) is 2.71. The molecule has 2 rings (SSSR count). The molecule has 0 bridgehead atoms. The van der Waals surface area contributed by atoms with Gasteiger partial charge in [0.25, 0.3) is 0 Å². The first-order valence-corrected chi connectivity index (χ1v) is 9.31. The van der Waals surface area contributed by atoms with Gasteiger partial charge in [-0.3, -0.25) is 9.59 Å². The van der Waals surface area contributed by atoms with Crippen LogP contribution in [0.25, 0.3) is 0 Å². The summed E-state index contributed by atoms with van der Waals surface area (Å²) in [6, 6.07) is 6.34. The van der Waals surface area contributed by atoms with Gasteiger partial charge in [0.1, 0.15) is 6.04 Å². The molecule has 1 heterocycles. The summed E-state index contributed by atoms with van der Waals surface area (Å²) in [7, 11) is -3.56. The topological polar surface area (TPSA) is 110 Å². The van der Waals surface area contributed by atoms with Gasteiger partial charge in [0, 0.05) is 13.1 Å². The Morgan fingerprint density at radius 1 is 1.29 bits per heavy atom. The van der Waals surface area contributed by atoms with E-state index < -0.39 is 16.1 Å². The number of nitrogens with one attached hydrogen (secondary N) is 1. The first kappa shape index (κ1) is 18.2. The first-order chi connectivity index (χ1) is 11.3. The van der Waals surface area contributed by atoms with E-state index in [4.69, 9.17) is 5.14 Å². The molecule has 1 unspecified atom stereocenters. The molecule has 0 saturated carbocycles. The Bertz CT molecular complexity index is 728. The number of likely N-dealkylation sites (tertiary alicyclic amines) is 1. The van der Waals surface area contributed by atoms with Crippen LogP contribution in [-0.4, -0.2) is 37.7 Å². The largest absolute Gasteiger partial charge is 0.350 e. The van der Waals surface area contributed by atoms with Gasteiger partial charge in [-0.1, -0.05) is 30.8 Å². The molecule has 3 N–H and O–H groups in total. The fourth-order valence-corrected chi connectivity index (χ4v) is 3.37. The van der Waals surface area contributed by atoms with E-state index in [9.17, 15) is 18.0 Å². The van der Waals surface area contributed by atoms with Crippen LogP contribution in [0.3, 0.4) is 0 Å². The van der Waals surface area contributed by atoms with Crippen LogP contribution in [0.4, 0.5) is 0 Å². The third-order valence-corrected chi connectivity index (χ3v) is 4.61. The van der Waals surface area contributed by atoms with Crippen molar-refractivity contribution in [3.05, 3.63) is 48.0 Å². The van der Waals surface area contributed by atoms with Crippen LogP contribution >= 0.6 is 0 Å². The Morgan fingerprint density at radius 2 is 1.92 bits per heavy atom. The van der Waals surface area contributed by atoms with E-state index in [1.807, 2.05) is 0 Å². The lowest BCUT2D eigenvalue weighted by Crippen LogP contribution is -2.45. The number of carbonyl (C=O) groups is 2. The minimum Gasteiger partial charge on any atom is -0.350 e. The van der Waals surface area contributed by atoms with E-state index in [1.54, 1.807) is 24.3 Å². The summed E-state index contributed by atoms with van der Waals surface area (Å²) in [6.45, 7) is 4.32. The fraction of sp³-hybridized carbons (Fsp3) is 0.375. The van der Waals surface area contributed by atoms with Crippen LogP contribution in [0.15, 0.2) is 36.9 Å². The van der Waals surface area contributed by atoms with Gasteiger partial charge >= 0.3 is 0 Å². The van der Waals surface area contributed by atoms with Crippen LogP contribution in [-0.2, 0) is 31.9 Å². The molecule has 1 atom stereocenters. The minimum absolute atomic E-state index is 0.198. The van der Waals surface area contributed by atoms with Gasteiger partial charge in [0.15, 0.2) is 0 Å². The Balaban J connectivity index is 1.92. The van der Waals surface area contributed by atoms with Crippen molar-refractivity contribution in [2.45, 2.75) is 31.2 Å². The van der Waals surface area contributed by atoms with Crippen molar-refractivity contribution in [3.8, 4) is 0 Å².